The van der Waals surface area contributed by atoms with Crippen molar-refractivity contribution in [3.8, 4) is 0 Å². The van der Waals surface area contributed by atoms with Gasteiger partial charge in [-0.05, 0) is 0 Å². The largest absolute Gasteiger partial charge is 0.394 e. The molecule has 0 bridgehead atoms. The van der Waals surface area contributed by atoms with Crippen molar-refractivity contribution in [3.05, 3.63) is 6.33 Å². The lowest BCUT2D eigenvalue weighted by molar-refractivity contribution is -0.0495. The molecule has 1 unspecified atom stereocenters. The Bertz CT molecular complexity index is 649. The Morgan fingerprint density at radius 1 is 1.40 bits per heavy atom. The van der Waals surface area contributed by atoms with E-state index in [9.17, 15) is 9.50 Å². The molecular formula is C10H13FN6O3. The minimum absolute atomic E-state index is 0.0697. The number of ether oxygens (including phenoxy) is 1. The van der Waals surface area contributed by atoms with Crippen LogP contribution in [-0.2, 0) is 4.74 Å². The Labute approximate surface area is 112 Å². The molecule has 20 heavy (non-hydrogen) atoms. The van der Waals surface area contributed by atoms with E-state index in [1.54, 1.807) is 0 Å². The van der Waals surface area contributed by atoms with Crippen molar-refractivity contribution in [3.63, 3.8) is 0 Å². The van der Waals surface area contributed by atoms with E-state index >= 15 is 0 Å². The summed E-state index contributed by atoms with van der Waals surface area (Å²) in [6.45, 7) is -0.541. The van der Waals surface area contributed by atoms with Crippen LogP contribution in [0.1, 0.15) is 6.23 Å². The van der Waals surface area contributed by atoms with Gasteiger partial charge in [-0.3, -0.25) is 4.57 Å². The molecular weight excluding hydrogens is 271 g/mol. The maximum absolute atomic E-state index is 13.7. The number of aromatic nitrogens is 4. The molecule has 1 aliphatic heterocycles. The molecule has 1 aliphatic rings. The number of nitrogens with zero attached hydrogens (tertiary/aromatic N) is 4. The highest BCUT2D eigenvalue weighted by Crippen LogP contribution is 2.33. The Balaban J connectivity index is 2.07. The quantitative estimate of drug-likeness (QED) is 0.525. The molecule has 9 nitrogen and oxygen atoms in total. The first kappa shape index (κ1) is 13.0. The molecule has 2 aromatic rings. The summed E-state index contributed by atoms with van der Waals surface area (Å²) in [5.41, 5.74) is 11.7. The zero-order valence-corrected chi connectivity index (χ0v) is 10.2. The van der Waals surface area contributed by atoms with E-state index in [1.165, 1.54) is 10.9 Å². The number of aliphatic hydroxyl groups is 2. The summed E-state index contributed by atoms with van der Waals surface area (Å²) < 4.78 is 20.3. The molecule has 2 aromatic heterocycles. The molecule has 0 saturated carbocycles. The van der Waals surface area contributed by atoms with E-state index in [-0.39, 0.29) is 22.9 Å². The highest BCUT2D eigenvalue weighted by Gasteiger charge is 2.45. The minimum Gasteiger partial charge on any atom is -0.394 e. The van der Waals surface area contributed by atoms with Gasteiger partial charge in [-0.25, -0.2) is 9.37 Å². The number of anilines is 2. The van der Waals surface area contributed by atoms with Gasteiger partial charge in [-0.1, -0.05) is 0 Å². The molecule has 0 aliphatic carbocycles. The summed E-state index contributed by atoms with van der Waals surface area (Å²) in [7, 11) is 0. The maximum Gasteiger partial charge on any atom is 0.224 e. The smallest absolute Gasteiger partial charge is 0.224 e. The molecule has 4 atom stereocenters. The van der Waals surface area contributed by atoms with E-state index in [2.05, 4.69) is 15.0 Å². The lowest BCUT2D eigenvalue weighted by Gasteiger charge is -2.16. The molecule has 10 heteroatoms. The van der Waals surface area contributed by atoms with Crippen molar-refractivity contribution in [1.29, 1.82) is 0 Å². The third kappa shape index (κ3) is 1.77. The number of nitrogens with two attached hydrogens (primary N) is 2. The lowest BCUT2D eigenvalue weighted by atomic mass is 10.1. The summed E-state index contributed by atoms with van der Waals surface area (Å²) in [6.07, 6.45) is -4.04. The fraction of sp³-hybridized carbons (Fsp3) is 0.500. The predicted molar refractivity (Wildman–Crippen MR) is 66.0 cm³/mol. The van der Waals surface area contributed by atoms with Crippen LogP contribution < -0.4 is 11.5 Å². The number of halogens is 1. The van der Waals surface area contributed by atoms with Crippen LogP contribution in [0.15, 0.2) is 6.33 Å². The fourth-order valence-electron chi connectivity index (χ4n) is 2.23. The second-order valence-corrected chi connectivity index (χ2v) is 4.47. The maximum atomic E-state index is 13.7. The minimum atomic E-state index is -1.71. The van der Waals surface area contributed by atoms with Gasteiger partial charge in [0.05, 0.1) is 12.9 Å². The number of nitrogen functional groups attached to an aromatic ring is 2. The molecule has 3 rings (SSSR count). The number of hydrogen-bond donors (Lipinski definition) is 4. The first-order valence-electron chi connectivity index (χ1n) is 5.87. The van der Waals surface area contributed by atoms with Gasteiger partial charge < -0.3 is 26.4 Å². The Kier molecular flexibility index (Phi) is 2.92. The van der Waals surface area contributed by atoms with Crippen molar-refractivity contribution in [2.24, 2.45) is 0 Å². The van der Waals surface area contributed by atoms with Gasteiger partial charge in [0.2, 0.25) is 5.95 Å². The molecule has 0 amide bonds. The summed E-state index contributed by atoms with van der Waals surface area (Å²) in [5.74, 6) is 0.00832. The highest BCUT2D eigenvalue weighted by atomic mass is 19.1. The number of rotatable bonds is 2. The van der Waals surface area contributed by atoms with Crippen molar-refractivity contribution >= 4 is 22.9 Å². The molecule has 6 N–H and O–H groups in total. The van der Waals surface area contributed by atoms with Crippen molar-refractivity contribution in [2.45, 2.75) is 24.6 Å². The van der Waals surface area contributed by atoms with E-state index in [4.69, 9.17) is 21.3 Å². The van der Waals surface area contributed by atoms with E-state index in [0.29, 0.717) is 0 Å². The third-order valence-electron chi connectivity index (χ3n) is 3.21. The normalized spacial score (nSPS) is 30.1. The second-order valence-electron chi connectivity index (χ2n) is 4.47. The van der Waals surface area contributed by atoms with Gasteiger partial charge in [0, 0.05) is 0 Å². The van der Waals surface area contributed by atoms with Crippen LogP contribution in [0, 0.1) is 0 Å². The lowest BCUT2D eigenvalue weighted by Crippen LogP contribution is -2.29. The van der Waals surface area contributed by atoms with Gasteiger partial charge in [0.25, 0.3) is 0 Å². The highest BCUT2D eigenvalue weighted by molar-refractivity contribution is 5.82. The van der Waals surface area contributed by atoms with Gasteiger partial charge in [-0.15, -0.1) is 0 Å². The van der Waals surface area contributed by atoms with Crippen molar-refractivity contribution in [2.75, 3.05) is 18.1 Å². The fourth-order valence-corrected chi connectivity index (χ4v) is 2.23. The van der Waals surface area contributed by atoms with Crippen LogP contribution in [0.3, 0.4) is 0 Å². The number of fused-ring (bicyclic) bond motifs is 1. The summed E-state index contributed by atoms with van der Waals surface area (Å²) in [4.78, 5) is 11.7. The predicted octanol–water partition coefficient (Wildman–Crippen LogP) is -1.42. The molecule has 0 aromatic carbocycles. The van der Waals surface area contributed by atoms with Crippen molar-refractivity contribution < 1.29 is 19.3 Å². The third-order valence-corrected chi connectivity index (χ3v) is 3.21. The molecule has 0 spiro atoms. The zero-order chi connectivity index (χ0) is 14.4. The van der Waals surface area contributed by atoms with E-state index in [1.807, 2.05) is 0 Å². The second kappa shape index (κ2) is 4.51. The van der Waals surface area contributed by atoms with Crippen LogP contribution in [0.25, 0.3) is 11.2 Å². The SMILES string of the molecule is Nc1nc(N)c2ncn([C@@H]3O[C@H](CO)C(F)[C@H]3O)c2n1. The first-order chi connectivity index (χ1) is 9.52. The standard InChI is InChI=1S/C10H13FN6O3/c11-4-3(1-18)20-9(6(4)19)17-2-14-5-7(12)15-10(13)16-8(5)17/h2-4,6,9,18-19H,1H2,(H4,12,13,15,16)/t3-,4?,6-,9-/m1/s1. The topological polar surface area (TPSA) is 145 Å². The zero-order valence-electron chi connectivity index (χ0n) is 10.2. The van der Waals surface area contributed by atoms with Gasteiger partial charge in [-0.2, -0.15) is 9.97 Å². The summed E-state index contributed by atoms with van der Waals surface area (Å²) in [6, 6.07) is 0. The molecule has 1 saturated heterocycles. The van der Waals surface area contributed by atoms with Crippen molar-refractivity contribution in [1.82, 2.24) is 19.5 Å². The number of imidazole rings is 1. The van der Waals surface area contributed by atoms with Crippen LogP contribution in [0.5, 0.6) is 0 Å². The Morgan fingerprint density at radius 2 is 2.15 bits per heavy atom. The molecule has 108 valence electrons. The average Bonchev–Trinajstić information content (AvgIpc) is 2.93. The van der Waals surface area contributed by atoms with Gasteiger partial charge in [0.1, 0.15) is 17.7 Å². The number of alkyl halides is 1. The van der Waals surface area contributed by atoms with Gasteiger partial charge in [0.15, 0.2) is 23.9 Å². The van der Waals surface area contributed by atoms with Crippen LogP contribution in [-0.4, -0.2) is 54.7 Å². The molecule has 1 fully saturated rings. The molecule has 3 heterocycles. The number of aliphatic hydroxyl groups excluding tert-OH is 2. The van der Waals surface area contributed by atoms with E-state index < -0.39 is 31.2 Å². The summed E-state index contributed by atoms with van der Waals surface area (Å²) in [5, 5.41) is 18.9. The van der Waals surface area contributed by atoms with Crippen LogP contribution in [0.2, 0.25) is 0 Å². The number of hydrogen-bond acceptors (Lipinski definition) is 8. The molecule has 0 radical (unpaired) electrons. The van der Waals surface area contributed by atoms with Crippen LogP contribution in [0.4, 0.5) is 16.2 Å². The summed E-state index contributed by atoms with van der Waals surface area (Å²) >= 11 is 0. The van der Waals surface area contributed by atoms with Gasteiger partial charge >= 0.3 is 0 Å². The van der Waals surface area contributed by atoms with Crippen LogP contribution >= 0.6 is 0 Å². The average molecular weight is 284 g/mol. The first-order valence-corrected chi connectivity index (χ1v) is 5.87. The Morgan fingerprint density at radius 3 is 2.80 bits per heavy atom. The monoisotopic (exact) mass is 284 g/mol. The Hall–Kier alpha value is -2.04. The van der Waals surface area contributed by atoms with E-state index in [0.717, 1.165) is 0 Å².